The summed E-state index contributed by atoms with van der Waals surface area (Å²) in [5.41, 5.74) is 7.48. The fourth-order valence-electron chi connectivity index (χ4n) is 2.21. The molecule has 3 N–H and O–H groups in total. The normalized spacial score (nSPS) is 12.0. The Kier molecular flexibility index (Phi) is 6.58. The maximum atomic E-state index is 11.6. The summed E-state index contributed by atoms with van der Waals surface area (Å²) < 4.78 is 5.36. The van der Waals surface area contributed by atoms with Crippen LogP contribution >= 0.6 is 12.2 Å². The molecule has 1 aromatic rings. The second-order valence-electron chi connectivity index (χ2n) is 5.10. The van der Waals surface area contributed by atoms with Crippen LogP contribution in [0.15, 0.2) is 18.2 Å². The van der Waals surface area contributed by atoms with E-state index in [0.717, 1.165) is 16.9 Å². The van der Waals surface area contributed by atoms with Crippen LogP contribution in [0, 0.1) is 5.92 Å². The summed E-state index contributed by atoms with van der Waals surface area (Å²) in [6.45, 7) is 3.21. The van der Waals surface area contributed by atoms with E-state index in [1.807, 2.05) is 32.2 Å². The van der Waals surface area contributed by atoms with Gasteiger partial charge in [0.05, 0.1) is 7.11 Å². The van der Waals surface area contributed by atoms with E-state index in [1.54, 1.807) is 14.2 Å². The van der Waals surface area contributed by atoms with Crippen molar-refractivity contribution in [1.82, 2.24) is 10.2 Å². The minimum Gasteiger partial charge on any atom is -0.496 e. The topological polar surface area (TPSA) is 67.6 Å². The van der Waals surface area contributed by atoms with E-state index < -0.39 is 0 Å². The molecule has 1 aromatic carbocycles. The van der Waals surface area contributed by atoms with Crippen molar-refractivity contribution < 1.29 is 9.53 Å². The number of hydrogen-bond donors (Lipinski definition) is 2. The van der Waals surface area contributed by atoms with Gasteiger partial charge in [-0.3, -0.25) is 4.79 Å². The molecule has 0 saturated heterocycles. The van der Waals surface area contributed by atoms with E-state index in [2.05, 4.69) is 10.2 Å². The first kappa shape index (κ1) is 17.4. The summed E-state index contributed by atoms with van der Waals surface area (Å²) in [6.07, 6.45) is 0. The second-order valence-corrected chi connectivity index (χ2v) is 5.54. The predicted molar refractivity (Wildman–Crippen MR) is 88.4 cm³/mol. The molecule has 116 valence electrons. The predicted octanol–water partition coefficient (Wildman–Crippen LogP) is 1.14. The number of ether oxygens (including phenoxy) is 1. The highest BCUT2D eigenvalue weighted by atomic mass is 32.1. The first-order chi connectivity index (χ1) is 9.88. The smallest absolute Gasteiger partial charge is 0.223 e. The summed E-state index contributed by atoms with van der Waals surface area (Å²) in [7, 11) is 5.24. The molecule has 0 aliphatic carbocycles. The van der Waals surface area contributed by atoms with Crippen LogP contribution in [0.3, 0.4) is 0 Å². The average Bonchev–Trinajstić information content (AvgIpc) is 2.45. The highest BCUT2D eigenvalue weighted by molar-refractivity contribution is 7.80. The van der Waals surface area contributed by atoms with E-state index >= 15 is 0 Å². The number of hydrogen-bond acceptors (Lipinski definition) is 4. The SMILES string of the molecule is CNC(=O)C(C)CN(C)Cc1cc(C(N)=S)ccc1OC. The van der Waals surface area contributed by atoms with E-state index in [1.165, 1.54) is 0 Å². The van der Waals surface area contributed by atoms with Gasteiger partial charge in [0.15, 0.2) is 0 Å². The summed E-state index contributed by atoms with van der Waals surface area (Å²) in [6, 6.07) is 5.64. The van der Waals surface area contributed by atoms with Crippen LogP contribution in [-0.4, -0.2) is 43.5 Å². The molecule has 0 saturated carbocycles. The van der Waals surface area contributed by atoms with Crippen molar-refractivity contribution in [3.05, 3.63) is 29.3 Å². The quantitative estimate of drug-likeness (QED) is 0.740. The summed E-state index contributed by atoms with van der Waals surface area (Å²) >= 11 is 5.01. The summed E-state index contributed by atoms with van der Waals surface area (Å²) in [5.74, 6) is 0.741. The van der Waals surface area contributed by atoms with Gasteiger partial charge in [-0.15, -0.1) is 0 Å². The van der Waals surface area contributed by atoms with Gasteiger partial charge in [0.1, 0.15) is 10.7 Å². The molecule has 0 aliphatic rings. The molecule has 0 bridgehead atoms. The number of nitrogens with one attached hydrogen (secondary N) is 1. The number of benzene rings is 1. The number of nitrogens with two attached hydrogens (primary N) is 1. The Labute approximate surface area is 131 Å². The number of amides is 1. The van der Waals surface area contributed by atoms with Gasteiger partial charge >= 0.3 is 0 Å². The Bertz CT molecular complexity index is 520. The minimum atomic E-state index is -0.0789. The first-order valence-electron chi connectivity index (χ1n) is 6.75. The highest BCUT2D eigenvalue weighted by Gasteiger charge is 2.15. The van der Waals surface area contributed by atoms with Crippen LogP contribution in [0.4, 0.5) is 0 Å². The number of nitrogens with zero attached hydrogens (tertiary/aromatic N) is 1. The largest absolute Gasteiger partial charge is 0.496 e. The molecule has 0 aromatic heterocycles. The molecular formula is C15H23N3O2S. The molecule has 1 unspecified atom stereocenters. The standard InChI is InChI=1S/C15H23N3O2S/c1-10(15(19)17-2)8-18(3)9-12-7-11(14(16)21)5-6-13(12)20-4/h5-7,10H,8-9H2,1-4H3,(H2,16,21)(H,17,19). The first-order valence-corrected chi connectivity index (χ1v) is 7.16. The van der Waals surface area contributed by atoms with Crippen LogP contribution in [0.5, 0.6) is 5.75 Å². The molecule has 5 nitrogen and oxygen atoms in total. The summed E-state index contributed by atoms with van der Waals surface area (Å²) in [5, 5.41) is 2.66. The van der Waals surface area contributed by atoms with E-state index in [-0.39, 0.29) is 11.8 Å². The van der Waals surface area contributed by atoms with Gasteiger partial charge in [-0.05, 0) is 25.2 Å². The highest BCUT2D eigenvalue weighted by Crippen LogP contribution is 2.21. The number of thiocarbonyl (C=S) groups is 1. The molecule has 0 aliphatic heterocycles. The summed E-state index contributed by atoms with van der Waals surface area (Å²) in [4.78, 5) is 14.0. The van der Waals surface area contributed by atoms with Crippen molar-refractivity contribution in [1.29, 1.82) is 0 Å². The third kappa shape index (κ3) is 4.99. The Hall–Kier alpha value is -1.66. The van der Waals surface area contributed by atoms with Crippen molar-refractivity contribution in [3.63, 3.8) is 0 Å². The lowest BCUT2D eigenvalue weighted by molar-refractivity contribution is -0.124. The third-order valence-corrected chi connectivity index (χ3v) is 3.52. The van der Waals surface area contributed by atoms with Gasteiger partial charge < -0.3 is 20.7 Å². The monoisotopic (exact) mass is 309 g/mol. The van der Waals surface area contributed by atoms with Crippen LogP contribution < -0.4 is 15.8 Å². The van der Waals surface area contributed by atoms with Crippen molar-refractivity contribution in [2.45, 2.75) is 13.5 Å². The lowest BCUT2D eigenvalue weighted by atomic mass is 10.1. The molecular weight excluding hydrogens is 286 g/mol. The molecule has 1 rings (SSSR count). The van der Waals surface area contributed by atoms with Crippen LogP contribution in [0.2, 0.25) is 0 Å². The lowest BCUT2D eigenvalue weighted by Crippen LogP contribution is -2.34. The van der Waals surface area contributed by atoms with Crippen molar-refractivity contribution in [3.8, 4) is 5.75 Å². The fraction of sp³-hybridized carbons (Fsp3) is 0.467. The van der Waals surface area contributed by atoms with Gasteiger partial charge in [0, 0.05) is 37.2 Å². The molecule has 0 radical (unpaired) electrons. The molecule has 0 fully saturated rings. The van der Waals surface area contributed by atoms with Crippen LogP contribution in [0.25, 0.3) is 0 Å². The molecule has 21 heavy (non-hydrogen) atoms. The fourth-order valence-corrected chi connectivity index (χ4v) is 2.33. The molecule has 0 heterocycles. The second kappa shape index (κ2) is 7.95. The number of methoxy groups -OCH3 is 1. The number of rotatable bonds is 7. The molecule has 6 heteroatoms. The van der Waals surface area contributed by atoms with Gasteiger partial charge in [-0.1, -0.05) is 19.1 Å². The Morgan fingerprint density at radius 1 is 1.52 bits per heavy atom. The van der Waals surface area contributed by atoms with Gasteiger partial charge in [-0.25, -0.2) is 0 Å². The van der Waals surface area contributed by atoms with Crippen LogP contribution in [0.1, 0.15) is 18.1 Å². The van der Waals surface area contributed by atoms with Gasteiger partial charge in [0.25, 0.3) is 0 Å². The number of carbonyl (C=O) groups is 1. The molecule has 0 spiro atoms. The molecule has 1 amide bonds. The zero-order valence-electron chi connectivity index (χ0n) is 13.0. The van der Waals surface area contributed by atoms with Crippen molar-refractivity contribution >= 4 is 23.1 Å². The average molecular weight is 309 g/mol. The number of carbonyl (C=O) groups excluding carboxylic acids is 1. The Morgan fingerprint density at radius 2 is 2.19 bits per heavy atom. The molecule has 1 atom stereocenters. The lowest BCUT2D eigenvalue weighted by Gasteiger charge is -2.22. The van der Waals surface area contributed by atoms with E-state index in [4.69, 9.17) is 22.7 Å². The van der Waals surface area contributed by atoms with E-state index in [0.29, 0.717) is 18.1 Å². The minimum absolute atomic E-state index is 0.0331. The third-order valence-electron chi connectivity index (χ3n) is 3.28. The van der Waals surface area contributed by atoms with Gasteiger partial charge in [-0.2, -0.15) is 0 Å². The van der Waals surface area contributed by atoms with E-state index in [9.17, 15) is 4.79 Å². The zero-order valence-corrected chi connectivity index (χ0v) is 13.8. The van der Waals surface area contributed by atoms with Crippen LogP contribution in [-0.2, 0) is 11.3 Å². The van der Waals surface area contributed by atoms with Gasteiger partial charge in [0.2, 0.25) is 5.91 Å². The Balaban J connectivity index is 2.83. The maximum absolute atomic E-state index is 11.6. The van der Waals surface area contributed by atoms with Crippen molar-refractivity contribution in [2.24, 2.45) is 11.7 Å². The Morgan fingerprint density at radius 3 is 2.71 bits per heavy atom. The maximum Gasteiger partial charge on any atom is 0.223 e. The van der Waals surface area contributed by atoms with Crippen molar-refractivity contribution in [2.75, 3.05) is 27.7 Å². The zero-order chi connectivity index (χ0) is 16.0.